The van der Waals surface area contributed by atoms with Gasteiger partial charge in [-0.05, 0) is 92.2 Å². The summed E-state index contributed by atoms with van der Waals surface area (Å²) in [6, 6.07) is 15.4. The highest BCUT2D eigenvalue weighted by Crippen LogP contribution is 2.58. The average molecular weight is 621 g/mol. The van der Waals surface area contributed by atoms with Crippen molar-refractivity contribution < 1.29 is 33.8 Å². The number of hydrogen-bond acceptors (Lipinski definition) is 7. The van der Waals surface area contributed by atoms with E-state index in [4.69, 9.17) is 14.6 Å². The summed E-state index contributed by atoms with van der Waals surface area (Å²) in [7, 11) is 3.06. The van der Waals surface area contributed by atoms with Gasteiger partial charge in [-0.1, -0.05) is 18.2 Å². The number of hydrogen-bond donors (Lipinski definition) is 3. The molecule has 4 aromatic rings. The molecule has 0 radical (unpaired) electrons. The summed E-state index contributed by atoms with van der Waals surface area (Å²) in [6.45, 7) is 0. The van der Waals surface area contributed by atoms with E-state index in [1.165, 1.54) is 14.2 Å². The van der Waals surface area contributed by atoms with Crippen LogP contribution in [0.5, 0.6) is 11.5 Å². The number of imide groups is 1. The van der Waals surface area contributed by atoms with Gasteiger partial charge < -0.3 is 19.9 Å². The van der Waals surface area contributed by atoms with Crippen LogP contribution in [-0.2, 0) is 4.79 Å². The largest absolute Gasteiger partial charge is 0.496 e. The second kappa shape index (κ2) is 10.2. The van der Waals surface area contributed by atoms with Gasteiger partial charge in [0.2, 0.25) is 0 Å². The van der Waals surface area contributed by atoms with Crippen molar-refractivity contribution in [2.75, 3.05) is 14.2 Å². The number of nitrogens with zero attached hydrogens (tertiary/aromatic N) is 2. The number of nitrogens with one attached hydrogen (secondary N) is 2. The molecule has 46 heavy (non-hydrogen) atoms. The fourth-order valence-corrected chi connectivity index (χ4v) is 8.94. The predicted molar refractivity (Wildman–Crippen MR) is 166 cm³/mol. The lowest BCUT2D eigenvalue weighted by Gasteiger charge is -2.59. The molecule has 234 valence electrons. The van der Waals surface area contributed by atoms with Gasteiger partial charge in [0, 0.05) is 21.9 Å². The Morgan fingerprint density at radius 3 is 2.11 bits per heavy atom. The number of aromatic nitrogens is 2. The number of carbonyl (C=O) groups excluding carboxylic acids is 3. The number of carboxylic acids is 1. The molecular weight excluding hydrogens is 588 g/mol. The smallest absolute Gasteiger partial charge is 0.330 e. The normalized spacial score (nSPS) is 25.8. The summed E-state index contributed by atoms with van der Waals surface area (Å²) < 4.78 is 13.0. The highest BCUT2D eigenvalue weighted by atomic mass is 16.5. The molecule has 0 atom stereocenters. The van der Waals surface area contributed by atoms with E-state index >= 15 is 0 Å². The fourth-order valence-electron chi connectivity index (χ4n) is 8.94. The Morgan fingerprint density at radius 1 is 0.891 bits per heavy atom. The van der Waals surface area contributed by atoms with Crippen molar-refractivity contribution in [3.05, 3.63) is 71.4 Å². The highest BCUT2D eigenvalue weighted by molar-refractivity contribution is 6.26. The monoisotopic (exact) mass is 620 g/mol. The molecule has 3 aromatic carbocycles. The molecule has 5 aliphatic rings. The van der Waals surface area contributed by atoms with E-state index in [-0.39, 0.29) is 17.5 Å². The molecule has 0 saturated heterocycles. The van der Waals surface area contributed by atoms with Gasteiger partial charge in [-0.25, -0.2) is 9.48 Å². The van der Waals surface area contributed by atoms with Crippen molar-refractivity contribution >= 4 is 34.5 Å². The molecule has 4 aliphatic carbocycles. The van der Waals surface area contributed by atoms with Gasteiger partial charge in [-0.15, -0.1) is 0 Å². The molecule has 1 aromatic heterocycles. The average Bonchev–Trinajstić information content (AvgIpc) is 3.49. The molecule has 4 bridgehead atoms. The second-order valence-electron chi connectivity index (χ2n) is 12.9. The first kappa shape index (κ1) is 28.3. The zero-order valence-corrected chi connectivity index (χ0v) is 25.3. The Bertz CT molecular complexity index is 1930. The van der Waals surface area contributed by atoms with Crippen molar-refractivity contribution in [3.63, 3.8) is 0 Å². The minimum absolute atomic E-state index is 0.0201. The van der Waals surface area contributed by atoms with Crippen LogP contribution in [0.15, 0.2) is 54.6 Å². The molecule has 3 amide bonds. The van der Waals surface area contributed by atoms with Gasteiger partial charge in [0.1, 0.15) is 17.0 Å². The number of aliphatic carboxylic acids is 1. The van der Waals surface area contributed by atoms with Crippen molar-refractivity contribution in [1.82, 2.24) is 20.4 Å². The standard InChI is InChI=1S/C35H32N4O7/c1-45-27-7-4-8-28(46-2)30(27)26-16-24(33(42)37-35(34(43)44)19-12-17-11-18(14-19)15-20(35)13-17)38-39(26)25-10-9-23-29-21(25)5-3-6-22(29)31(40)36-32(23)41/h3-10,16-20H,11-15H2,1-2H3,(H,37,42)(H,43,44)(H,36,40,41). The molecule has 9 rings (SSSR count). The van der Waals surface area contributed by atoms with Crippen LogP contribution in [0.4, 0.5) is 0 Å². The summed E-state index contributed by atoms with van der Waals surface area (Å²) in [6.07, 6.45) is 4.33. The predicted octanol–water partition coefficient (Wildman–Crippen LogP) is 4.60. The first-order chi connectivity index (χ1) is 22.2. The van der Waals surface area contributed by atoms with Crippen LogP contribution >= 0.6 is 0 Å². The maximum absolute atomic E-state index is 14.2. The van der Waals surface area contributed by atoms with Gasteiger partial charge in [0.15, 0.2) is 5.69 Å². The second-order valence-corrected chi connectivity index (χ2v) is 12.9. The van der Waals surface area contributed by atoms with E-state index in [0.717, 1.165) is 32.1 Å². The van der Waals surface area contributed by atoms with Crippen molar-refractivity contribution in [1.29, 1.82) is 0 Å². The minimum Gasteiger partial charge on any atom is -0.496 e. The molecule has 2 heterocycles. The summed E-state index contributed by atoms with van der Waals surface area (Å²) >= 11 is 0. The van der Waals surface area contributed by atoms with Crippen molar-refractivity contribution in [2.24, 2.45) is 23.7 Å². The van der Waals surface area contributed by atoms with Crippen LogP contribution in [-0.4, -0.2) is 58.3 Å². The summed E-state index contributed by atoms with van der Waals surface area (Å²) in [5.41, 5.74) is 0.836. The number of ether oxygens (including phenoxy) is 2. The van der Waals surface area contributed by atoms with E-state index in [0.29, 0.717) is 62.2 Å². The van der Waals surface area contributed by atoms with E-state index in [1.54, 1.807) is 59.3 Å². The lowest BCUT2D eigenvalue weighted by molar-refractivity contribution is -0.163. The summed E-state index contributed by atoms with van der Waals surface area (Å²) in [5, 5.41) is 21.9. The Kier molecular flexibility index (Phi) is 6.25. The van der Waals surface area contributed by atoms with Gasteiger partial charge in [-0.2, -0.15) is 5.10 Å². The van der Waals surface area contributed by atoms with Crippen LogP contribution in [0, 0.1) is 23.7 Å². The first-order valence-electron chi connectivity index (χ1n) is 15.5. The number of benzene rings is 3. The minimum atomic E-state index is -1.36. The molecule has 0 spiro atoms. The lowest BCUT2D eigenvalue weighted by atomic mass is 9.48. The van der Waals surface area contributed by atoms with Crippen LogP contribution in [0.2, 0.25) is 0 Å². The maximum atomic E-state index is 14.2. The number of rotatable bonds is 7. The van der Waals surface area contributed by atoms with Gasteiger partial charge in [-0.3, -0.25) is 19.7 Å². The number of carbonyl (C=O) groups is 4. The molecule has 3 N–H and O–H groups in total. The Morgan fingerprint density at radius 2 is 1.50 bits per heavy atom. The van der Waals surface area contributed by atoms with Crippen molar-refractivity contribution in [2.45, 2.75) is 37.6 Å². The Hall–Kier alpha value is -5.19. The third kappa shape index (κ3) is 3.93. The van der Waals surface area contributed by atoms with E-state index in [1.807, 2.05) is 0 Å². The lowest BCUT2D eigenvalue weighted by Crippen LogP contribution is -2.70. The Labute approximate surface area is 263 Å². The SMILES string of the molecule is COc1cccc(OC)c1-c1cc(C(=O)NC2(C(=O)O)C3CC4CC(C3)CC2C4)nn1-c1ccc2c3c(cccc13)C(=O)NC2=O. The zero-order chi connectivity index (χ0) is 31.9. The fraction of sp³-hybridized carbons (Fsp3) is 0.343. The van der Waals surface area contributed by atoms with Crippen molar-refractivity contribution in [3.8, 4) is 28.4 Å². The number of methoxy groups -OCH3 is 2. The van der Waals surface area contributed by atoms with Crippen LogP contribution in [0.3, 0.4) is 0 Å². The third-order valence-corrected chi connectivity index (χ3v) is 10.7. The molecule has 4 saturated carbocycles. The van der Waals surface area contributed by atoms with E-state index in [9.17, 15) is 24.3 Å². The van der Waals surface area contributed by atoms with Crippen LogP contribution in [0.25, 0.3) is 27.7 Å². The molecule has 1 aliphatic heterocycles. The van der Waals surface area contributed by atoms with Gasteiger partial charge >= 0.3 is 5.97 Å². The van der Waals surface area contributed by atoms with Gasteiger partial charge in [0.05, 0.1) is 31.2 Å². The summed E-state index contributed by atoms with van der Waals surface area (Å²) in [5.74, 6) is -0.886. The van der Waals surface area contributed by atoms with E-state index in [2.05, 4.69) is 10.6 Å². The van der Waals surface area contributed by atoms with Crippen LogP contribution < -0.4 is 20.1 Å². The Balaban J connectivity index is 1.31. The molecule has 11 heteroatoms. The maximum Gasteiger partial charge on any atom is 0.330 e. The molecule has 11 nitrogen and oxygen atoms in total. The molecular formula is C35H32N4O7. The quantitative estimate of drug-likeness (QED) is 0.254. The summed E-state index contributed by atoms with van der Waals surface area (Å²) in [4.78, 5) is 52.8. The first-order valence-corrected chi connectivity index (χ1v) is 15.5. The third-order valence-electron chi connectivity index (χ3n) is 10.7. The highest BCUT2D eigenvalue weighted by Gasteiger charge is 2.62. The number of carboxylic acid groups (broad SMARTS) is 1. The molecule has 0 unspecified atom stereocenters. The topological polar surface area (TPSA) is 149 Å². The molecule has 4 fully saturated rings. The van der Waals surface area contributed by atoms with E-state index < -0.39 is 29.2 Å². The van der Waals surface area contributed by atoms with Crippen LogP contribution in [0.1, 0.15) is 63.3 Å². The number of amides is 3. The van der Waals surface area contributed by atoms with Gasteiger partial charge in [0.25, 0.3) is 17.7 Å². The zero-order valence-electron chi connectivity index (χ0n) is 25.3.